The Balaban J connectivity index is 2.35. The topological polar surface area (TPSA) is 68.9 Å². The molecule has 0 amide bonds. The van der Waals surface area contributed by atoms with Gasteiger partial charge in [0.25, 0.3) is 5.69 Å². The Morgan fingerprint density at radius 1 is 1.56 bits per heavy atom. The summed E-state index contributed by atoms with van der Waals surface area (Å²) >= 11 is 1.50. The van der Waals surface area contributed by atoms with Crippen LogP contribution >= 0.6 is 11.3 Å². The van der Waals surface area contributed by atoms with Crippen molar-refractivity contribution in [3.63, 3.8) is 0 Å². The number of nitro groups is 1. The summed E-state index contributed by atoms with van der Waals surface area (Å²) in [6, 6.07) is 0. The average molecular weight is 263 g/mol. The lowest BCUT2D eigenvalue weighted by Crippen LogP contribution is -2.09. The van der Waals surface area contributed by atoms with Gasteiger partial charge in [0, 0.05) is 5.41 Å². The Bertz CT molecular complexity index is 646. The molecule has 0 spiro atoms. The minimum atomic E-state index is -0.327. The lowest BCUT2D eigenvalue weighted by atomic mass is 9.92. The van der Waals surface area contributed by atoms with Crippen LogP contribution in [0.4, 0.5) is 5.69 Å². The average Bonchev–Trinajstić information content (AvgIpc) is 3.03. The Labute approximate surface area is 108 Å². The Morgan fingerprint density at radius 3 is 2.83 bits per heavy atom. The van der Waals surface area contributed by atoms with Crippen molar-refractivity contribution < 1.29 is 4.92 Å². The number of rotatable bonds is 3. The standard InChI is InChI=1S/C12H13N3O2S/c1-3-12(4-5-12)9-8(15(16)17)6-13-11-10(9)14-7(2)18-11/h6H,3-5H2,1-2H3. The van der Waals surface area contributed by atoms with Crippen LogP contribution in [-0.4, -0.2) is 14.9 Å². The highest BCUT2D eigenvalue weighted by Gasteiger charge is 2.48. The molecule has 18 heavy (non-hydrogen) atoms. The van der Waals surface area contributed by atoms with E-state index in [1.807, 2.05) is 6.92 Å². The summed E-state index contributed by atoms with van der Waals surface area (Å²) in [6.07, 6.45) is 4.34. The molecule has 0 unspecified atom stereocenters. The van der Waals surface area contributed by atoms with E-state index in [0.717, 1.165) is 40.2 Å². The summed E-state index contributed by atoms with van der Waals surface area (Å²) in [5.41, 5.74) is 1.65. The van der Waals surface area contributed by atoms with Crippen molar-refractivity contribution in [2.75, 3.05) is 0 Å². The van der Waals surface area contributed by atoms with Gasteiger partial charge in [-0.05, 0) is 26.2 Å². The third-order valence-electron chi connectivity index (χ3n) is 3.77. The van der Waals surface area contributed by atoms with Gasteiger partial charge in [-0.15, -0.1) is 0 Å². The summed E-state index contributed by atoms with van der Waals surface area (Å²) in [6.45, 7) is 4.00. The molecule has 3 rings (SSSR count). The van der Waals surface area contributed by atoms with E-state index < -0.39 is 0 Å². The first-order valence-corrected chi connectivity index (χ1v) is 6.80. The van der Waals surface area contributed by atoms with Gasteiger partial charge >= 0.3 is 0 Å². The smallest absolute Gasteiger partial charge is 0.258 e. The molecule has 2 aromatic heterocycles. The van der Waals surface area contributed by atoms with Crippen molar-refractivity contribution in [1.82, 2.24) is 9.97 Å². The number of aromatic nitrogens is 2. The number of hydrogen-bond donors (Lipinski definition) is 0. The maximum absolute atomic E-state index is 11.2. The van der Waals surface area contributed by atoms with Crippen LogP contribution in [0.5, 0.6) is 0 Å². The molecule has 6 heteroatoms. The van der Waals surface area contributed by atoms with Gasteiger partial charge in [-0.25, -0.2) is 9.97 Å². The van der Waals surface area contributed by atoms with Crippen LogP contribution in [0.2, 0.25) is 0 Å². The summed E-state index contributed by atoms with van der Waals surface area (Å²) in [5, 5.41) is 12.1. The van der Waals surface area contributed by atoms with Gasteiger partial charge < -0.3 is 0 Å². The molecule has 0 aromatic carbocycles. The normalized spacial score (nSPS) is 17.0. The Kier molecular flexibility index (Phi) is 2.38. The minimum absolute atomic E-state index is 0.0376. The van der Waals surface area contributed by atoms with E-state index in [1.54, 1.807) is 0 Å². The van der Waals surface area contributed by atoms with Crippen LogP contribution < -0.4 is 0 Å². The quantitative estimate of drug-likeness (QED) is 0.629. The molecule has 0 radical (unpaired) electrons. The Hall–Kier alpha value is -1.56. The molecule has 5 nitrogen and oxygen atoms in total. The molecule has 2 heterocycles. The van der Waals surface area contributed by atoms with Crippen molar-refractivity contribution in [3.8, 4) is 0 Å². The fourth-order valence-electron chi connectivity index (χ4n) is 2.56. The molecule has 1 fully saturated rings. The van der Waals surface area contributed by atoms with E-state index in [9.17, 15) is 10.1 Å². The van der Waals surface area contributed by atoms with Crippen molar-refractivity contribution >= 4 is 27.4 Å². The Morgan fingerprint density at radius 2 is 2.28 bits per heavy atom. The van der Waals surface area contributed by atoms with Crippen molar-refractivity contribution in [1.29, 1.82) is 0 Å². The maximum atomic E-state index is 11.2. The van der Waals surface area contributed by atoms with Crippen LogP contribution in [0.3, 0.4) is 0 Å². The molecule has 0 atom stereocenters. The highest BCUT2D eigenvalue weighted by atomic mass is 32.1. The van der Waals surface area contributed by atoms with Gasteiger partial charge in [0.1, 0.15) is 16.5 Å². The molecule has 94 valence electrons. The van der Waals surface area contributed by atoms with Crippen molar-refractivity contribution in [2.24, 2.45) is 0 Å². The second-order valence-corrected chi connectivity index (χ2v) is 5.98. The second kappa shape index (κ2) is 3.71. The molecule has 1 aliphatic rings. The zero-order valence-electron chi connectivity index (χ0n) is 10.3. The number of aryl methyl sites for hydroxylation is 1. The van der Waals surface area contributed by atoms with E-state index in [1.165, 1.54) is 17.5 Å². The molecule has 0 aliphatic heterocycles. The maximum Gasteiger partial charge on any atom is 0.293 e. The monoisotopic (exact) mass is 263 g/mol. The number of fused-ring (bicyclic) bond motifs is 1. The largest absolute Gasteiger partial charge is 0.293 e. The number of thiazole rings is 1. The minimum Gasteiger partial charge on any atom is -0.258 e. The van der Waals surface area contributed by atoms with Gasteiger partial charge in [-0.1, -0.05) is 18.3 Å². The second-order valence-electron chi connectivity index (χ2n) is 4.80. The first-order valence-electron chi connectivity index (χ1n) is 5.98. The molecule has 1 aliphatic carbocycles. The summed E-state index contributed by atoms with van der Waals surface area (Å²) in [7, 11) is 0. The van der Waals surface area contributed by atoms with Crippen LogP contribution in [0.25, 0.3) is 10.3 Å². The van der Waals surface area contributed by atoms with Gasteiger partial charge in [-0.2, -0.15) is 0 Å². The van der Waals surface area contributed by atoms with Crippen LogP contribution in [0.15, 0.2) is 6.20 Å². The van der Waals surface area contributed by atoms with E-state index in [-0.39, 0.29) is 16.0 Å². The van der Waals surface area contributed by atoms with Gasteiger partial charge in [0.05, 0.1) is 15.5 Å². The van der Waals surface area contributed by atoms with E-state index in [4.69, 9.17) is 0 Å². The van der Waals surface area contributed by atoms with Crippen LogP contribution in [-0.2, 0) is 5.41 Å². The zero-order chi connectivity index (χ0) is 12.9. The van der Waals surface area contributed by atoms with Crippen LogP contribution in [0.1, 0.15) is 36.8 Å². The molecular weight excluding hydrogens is 250 g/mol. The summed E-state index contributed by atoms with van der Waals surface area (Å²) < 4.78 is 0. The first-order chi connectivity index (χ1) is 8.57. The molecule has 0 bridgehead atoms. The number of hydrogen-bond acceptors (Lipinski definition) is 5. The third-order valence-corrected chi connectivity index (χ3v) is 4.65. The fourth-order valence-corrected chi connectivity index (χ4v) is 3.33. The predicted molar refractivity (Wildman–Crippen MR) is 70.0 cm³/mol. The van der Waals surface area contributed by atoms with Gasteiger partial charge in [0.2, 0.25) is 0 Å². The van der Waals surface area contributed by atoms with Crippen LogP contribution in [0, 0.1) is 17.0 Å². The van der Waals surface area contributed by atoms with E-state index in [2.05, 4.69) is 16.9 Å². The number of nitrogens with zero attached hydrogens (tertiary/aromatic N) is 3. The van der Waals surface area contributed by atoms with E-state index >= 15 is 0 Å². The highest BCUT2D eigenvalue weighted by molar-refractivity contribution is 7.18. The first kappa shape index (κ1) is 11.5. The van der Waals surface area contributed by atoms with Crippen molar-refractivity contribution in [3.05, 3.63) is 26.9 Å². The third kappa shape index (κ3) is 1.52. The zero-order valence-corrected chi connectivity index (χ0v) is 11.1. The SMILES string of the molecule is CCC1(c2c([N+](=O)[O-])cnc3sc(C)nc23)CC1. The molecular formula is C12H13N3O2S. The van der Waals surface area contributed by atoms with Gasteiger partial charge in [0.15, 0.2) is 0 Å². The molecule has 0 N–H and O–H groups in total. The summed E-state index contributed by atoms with van der Waals surface area (Å²) in [4.78, 5) is 20.3. The molecule has 2 aromatic rings. The fraction of sp³-hybridized carbons (Fsp3) is 0.500. The highest BCUT2D eigenvalue weighted by Crippen LogP contribution is 2.55. The number of pyridine rings is 1. The molecule has 1 saturated carbocycles. The van der Waals surface area contributed by atoms with E-state index in [0.29, 0.717) is 0 Å². The lowest BCUT2D eigenvalue weighted by Gasteiger charge is -2.13. The lowest BCUT2D eigenvalue weighted by molar-refractivity contribution is -0.386. The predicted octanol–water partition coefficient (Wildman–Crippen LogP) is 3.35. The van der Waals surface area contributed by atoms with Crippen molar-refractivity contribution in [2.45, 2.75) is 38.5 Å². The summed E-state index contributed by atoms with van der Waals surface area (Å²) in [5.74, 6) is 0. The molecule has 0 saturated heterocycles. The van der Waals surface area contributed by atoms with Gasteiger partial charge in [-0.3, -0.25) is 10.1 Å².